The second-order valence-electron chi connectivity index (χ2n) is 6.46. The summed E-state index contributed by atoms with van der Waals surface area (Å²) in [6.07, 6.45) is 2.23. The zero-order valence-corrected chi connectivity index (χ0v) is 17.6. The first-order valence-electron chi connectivity index (χ1n) is 8.90. The first kappa shape index (κ1) is 18.8. The van der Waals surface area contributed by atoms with Crippen molar-refractivity contribution in [1.29, 1.82) is 0 Å². The van der Waals surface area contributed by atoms with Crippen molar-refractivity contribution in [3.8, 4) is 0 Å². The van der Waals surface area contributed by atoms with Crippen molar-refractivity contribution in [3.05, 3.63) is 39.0 Å². The molecule has 4 rings (SSSR count). The number of halogens is 1. The van der Waals surface area contributed by atoms with Gasteiger partial charge in [0.15, 0.2) is 11.5 Å². The lowest BCUT2D eigenvalue weighted by atomic mass is 10.2. The third-order valence-electron chi connectivity index (χ3n) is 4.61. The van der Waals surface area contributed by atoms with Gasteiger partial charge >= 0.3 is 5.97 Å². The van der Waals surface area contributed by atoms with Gasteiger partial charge in [0.2, 0.25) is 0 Å². The molecule has 0 saturated carbocycles. The Morgan fingerprint density at radius 1 is 1.29 bits per heavy atom. The van der Waals surface area contributed by atoms with E-state index < -0.39 is 0 Å². The normalized spacial score (nSPS) is 11.6. The highest BCUT2D eigenvalue weighted by molar-refractivity contribution is 7.20. The quantitative estimate of drug-likeness (QED) is 0.461. The number of nitrogens with zero attached hydrogens (tertiary/aromatic N) is 6. The zero-order chi connectivity index (χ0) is 20.0. The summed E-state index contributed by atoms with van der Waals surface area (Å²) in [6, 6.07) is 0. The first-order valence-corrected chi connectivity index (χ1v) is 10.1. The molecular formula is C18H19ClN6O2S. The second-order valence-corrected chi connectivity index (χ2v) is 7.83. The van der Waals surface area contributed by atoms with Gasteiger partial charge in [-0.25, -0.2) is 19.3 Å². The highest BCUT2D eigenvalue weighted by atomic mass is 35.5. The van der Waals surface area contributed by atoms with Crippen molar-refractivity contribution in [2.45, 2.75) is 40.7 Å². The minimum absolute atomic E-state index is 0.331. The molecular weight excluding hydrogens is 400 g/mol. The molecule has 0 radical (unpaired) electrons. The average molecular weight is 419 g/mol. The van der Waals surface area contributed by atoms with Crippen molar-refractivity contribution >= 4 is 44.8 Å². The molecule has 0 bridgehead atoms. The molecule has 10 heteroatoms. The SMILES string of the molecule is CCOC(=O)c1sc2ncn3nc(CCn4nc(C)c(Cl)c4C)nc3c2c1C. The van der Waals surface area contributed by atoms with E-state index in [-0.39, 0.29) is 5.97 Å². The number of carbonyl (C=O) groups excluding carboxylic acids is 1. The number of carbonyl (C=O) groups is 1. The van der Waals surface area contributed by atoms with Crippen LogP contribution in [0.2, 0.25) is 5.02 Å². The summed E-state index contributed by atoms with van der Waals surface area (Å²) < 4.78 is 8.67. The fraction of sp³-hybridized carbons (Fsp3) is 0.389. The summed E-state index contributed by atoms with van der Waals surface area (Å²) in [5.74, 6) is 0.351. The minimum Gasteiger partial charge on any atom is -0.462 e. The molecule has 4 aromatic heterocycles. The topological polar surface area (TPSA) is 87.2 Å². The monoisotopic (exact) mass is 418 g/mol. The summed E-state index contributed by atoms with van der Waals surface area (Å²) in [5, 5.41) is 10.5. The van der Waals surface area contributed by atoms with E-state index in [9.17, 15) is 4.79 Å². The second kappa shape index (κ2) is 7.14. The number of hydrogen-bond donors (Lipinski definition) is 0. The predicted octanol–water partition coefficient (Wildman–Crippen LogP) is 3.53. The van der Waals surface area contributed by atoms with Gasteiger partial charge in [0.05, 0.1) is 28.4 Å². The van der Waals surface area contributed by atoms with E-state index in [1.807, 2.05) is 25.5 Å². The maximum atomic E-state index is 12.2. The van der Waals surface area contributed by atoms with E-state index in [0.717, 1.165) is 27.2 Å². The molecule has 0 unspecified atom stereocenters. The van der Waals surface area contributed by atoms with Crippen LogP contribution in [0.4, 0.5) is 0 Å². The number of thiophene rings is 1. The standard InChI is InChI=1S/C18H19ClN6O2S/c1-5-27-18(26)15-9(2)13-16-21-12(23-25(16)8-20-17(13)28-15)6-7-24-11(4)14(19)10(3)22-24/h8H,5-7H2,1-4H3. The molecule has 0 spiro atoms. The van der Waals surface area contributed by atoms with Crippen LogP contribution in [0.5, 0.6) is 0 Å². The first-order chi connectivity index (χ1) is 13.4. The Hall–Kier alpha value is -2.52. The van der Waals surface area contributed by atoms with E-state index >= 15 is 0 Å². The van der Waals surface area contributed by atoms with Crippen LogP contribution in [-0.4, -0.2) is 41.9 Å². The van der Waals surface area contributed by atoms with Crippen LogP contribution in [0.15, 0.2) is 6.33 Å². The summed E-state index contributed by atoms with van der Waals surface area (Å²) in [5.41, 5.74) is 3.25. The van der Waals surface area contributed by atoms with Gasteiger partial charge in [-0.3, -0.25) is 4.68 Å². The Labute approximate surface area is 170 Å². The molecule has 0 saturated heterocycles. The van der Waals surface area contributed by atoms with E-state index in [0.29, 0.717) is 40.9 Å². The number of fused-ring (bicyclic) bond motifs is 3. The van der Waals surface area contributed by atoms with Crippen LogP contribution in [-0.2, 0) is 17.7 Å². The van der Waals surface area contributed by atoms with Crippen LogP contribution >= 0.6 is 22.9 Å². The van der Waals surface area contributed by atoms with Crippen LogP contribution in [0.3, 0.4) is 0 Å². The molecule has 0 aliphatic rings. The number of aryl methyl sites for hydroxylation is 4. The molecule has 4 heterocycles. The van der Waals surface area contributed by atoms with Crippen molar-refractivity contribution in [3.63, 3.8) is 0 Å². The van der Waals surface area contributed by atoms with Crippen molar-refractivity contribution < 1.29 is 9.53 Å². The maximum absolute atomic E-state index is 12.2. The van der Waals surface area contributed by atoms with E-state index in [2.05, 4.69) is 20.2 Å². The Morgan fingerprint density at radius 3 is 2.75 bits per heavy atom. The number of aromatic nitrogens is 6. The molecule has 0 atom stereocenters. The van der Waals surface area contributed by atoms with E-state index in [1.54, 1.807) is 17.8 Å². The van der Waals surface area contributed by atoms with Gasteiger partial charge in [-0.1, -0.05) is 11.6 Å². The third kappa shape index (κ3) is 3.04. The highest BCUT2D eigenvalue weighted by Crippen LogP contribution is 2.32. The maximum Gasteiger partial charge on any atom is 0.348 e. The molecule has 0 aromatic carbocycles. The molecule has 0 aliphatic carbocycles. The highest BCUT2D eigenvalue weighted by Gasteiger charge is 2.21. The van der Waals surface area contributed by atoms with Crippen molar-refractivity contribution in [1.82, 2.24) is 29.4 Å². The fourth-order valence-corrected chi connectivity index (χ4v) is 4.35. The van der Waals surface area contributed by atoms with Gasteiger partial charge in [0.25, 0.3) is 0 Å². The molecule has 0 N–H and O–H groups in total. The van der Waals surface area contributed by atoms with Crippen LogP contribution in [0.1, 0.15) is 39.4 Å². The molecule has 8 nitrogen and oxygen atoms in total. The lowest BCUT2D eigenvalue weighted by Gasteiger charge is -2.01. The number of rotatable bonds is 5. The minimum atomic E-state index is -0.331. The lowest BCUT2D eigenvalue weighted by Crippen LogP contribution is -2.06. The van der Waals surface area contributed by atoms with Gasteiger partial charge in [0.1, 0.15) is 16.0 Å². The molecule has 146 valence electrons. The fourth-order valence-electron chi connectivity index (χ4n) is 3.17. The summed E-state index contributed by atoms with van der Waals surface area (Å²) in [4.78, 5) is 22.6. The predicted molar refractivity (Wildman–Crippen MR) is 107 cm³/mol. The number of ether oxygens (including phenoxy) is 1. The van der Waals surface area contributed by atoms with Crippen LogP contribution in [0.25, 0.3) is 15.9 Å². The van der Waals surface area contributed by atoms with Gasteiger partial charge in [-0.15, -0.1) is 16.4 Å². The van der Waals surface area contributed by atoms with Crippen LogP contribution in [0, 0.1) is 20.8 Å². The van der Waals surface area contributed by atoms with Gasteiger partial charge < -0.3 is 4.74 Å². The zero-order valence-electron chi connectivity index (χ0n) is 16.0. The van der Waals surface area contributed by atoms with Gasteiger partial charge in [-0.05, 0) is 33.3 Å². The van der Waals surface area contributed by atoms with Gasteiger partial charge in [-0.2, -0.15) is 5.10 Å². The molecule has 0 amide bonds. The molecule has 0 fully saturated rings. The Kier molecular flexibility index (Phi) is 4.80. The number of esters is 1. The third-order valence-corrected chi connectivity index (χ3v) is 6.34. The Morgan fingerprint density at radius 2 is 2.07 bits per heavy atom. The summed E-state index contributed by atoms with van der Waals surface area (Å²) in [7, 11) is 0. The van der Waals surface area contributed by atoms with Crippen LogP contribution < -0.4 is 0 Å². The van der Waals surface area contributed by atoms with Crippen molar-refractivity contribution in [2.75, 3.05) is 6.61 Å². The lowest BCUT2D eigenvalue weighted by molar-refractivity contribution is 0.0531. The van der Waals surface area contributed by atoms with E-state index in [4.69, 9.17) is 16.3 Å². The average Bonchev–Trinajstić information content (AvgIpc) is 3.30. The number of hydrogen-bond acceptors (Lipinski definition) is 7. The Bertz CT molecular complexity index is 1210. The molecule has 28 heavy (non-hydrogen) atoms. The van der Waals surface area contributed by atoms with E-state index in [1.165, 1.54) is 11.3 Å². The van der Waals surface area contributed by atoms with Gasteiger partial charge in [0, 0.05) is 13.0 Å². The molecule has 4 aromatic rings. The smallest absolute Gasteiger partial charge is 0.348 e. The van der Waals surface area contributed by atoms with Crippen molar-refractivity contribution in [2.24, 2.45) is 0 Å². The summed E-state index contributed by atoms with van der Waals surface area (Å²) >= 11 is 7.53. The largest absolute Gasteiger partial charge is 0.462 e. The summed E-state index contributed by atoms with van der Waals surface area (Å²) in [6.45, 7) is 8.47. The molecule has 0 aliphatic heterocycles. The Balaban J connectivity index is 1.69.